The number of aromatic nitrogens is 5. The fraction of sp³-hybridized carbons (Fsp3) is 0.190. The van der Waals surface area contributed by atoms with Crippen LogP contribution in [0.15, 0.2) is 41.6 Å². The van der Waals surface area contributed by atoms with Gasteiger partial charge in [-0.3, -0.25) is 9.20 Å². The van der Waals surface area contributed by atoms with Gasteiger partial charge in [0, 0.05) is 41.9 Å². The number of rotatable bonds is 6. The van der Waals surface area contributed by atoms with Crippen molar-refractivity contribution in [2.24, 2.45) is 0 Å². The van der Waals surface area contributed by atoms with Gasteiger partial charge in [0.05, 0.1) is 23.1 Å². The van der Waals surface area contributed by atoms with E-state index in [1.165, 1.54) is 37.2 Å². The molecule has 0 aromatic carbocycles. The van der Waals surface area contributed by atoms with E-state index in [-0.39, 0.29) is 39.9 Å². The maximum absolute atomic E-state index is 13.6. The number of carbonyl (C=O) groups is 1. The fourth-order valence-corrected chi connectivity index (χ4v) is 3.93. The third-order valence-corrected chi connectivity index (χ3v) is 5.89. The molecule has 0 aliphatic rings. The lowest BCUT2D eigenvalue weighted by molar-refractivity contribution is -0.137. The smallest absolute Gasteiger partial charge is 0.417 e. The molecule has 4 aromatic heterocycles. The van der Waals surface area contributed by atoms with Crippen LogP contribution in [0.3, 0.4) is 0 Å². The maximum atomic E-state index is 13.6. The summed E-state index contributed by atoms with van der Waals surface area (Å²) >= 11 is 7.08. The number of alkyl halides is 3. The van der Waals surface area contributed by atoms with E-state index in [1.54, 1.807) is 16.5 Å². The van der Waals surface area contributed by atoms with Crippen molar-refractivity contribution in [1.29, 1.82) is 0 Å². The van der Waals surface area contributed by atoms with Gasteiger partial charge in [0.2, 0.25) is 0 Å². The van der Waals surface area contributed by atoms with E-state index < -0.39 is 29.0 Å². The Bertz CT molecular complexity index is 1520. The molecule has 4 rings (SSSR count). The van der Waals surface area contributed by atoms with E-state index in [0.29, 0.717) is 11.8 Å². The molecule has 14 heteroatoms. The molecule has 0 atom stereocenters. The zero-order chi connectivity index (χ0) is 25.5. The molecule has 0 unspecified atom stereocenters. The molecule has 4 heterocycles. The van der Waals surface area contributed by atoms with Crippen LogP contribution in [0.1, 0.15) is 27.2 Å². The number of nitrogens with zero attached hydrogens (tertiary/aromatic N) is 5. The lowest BCUT2D eigenvalue weighted by Gasteiger charge is -2.16. The molecular formula is C21H16ClF3N6O3S. The Hall–Kier alpha value is -3.58. The number of hydrogen-bond acceptors (Lipinski definition) is 7. The quantitative estimate of drug-likeness (QED) is 0.357. The van der Waals surface area contributed by atoms with E-state index in [9.17, 15) is 27.9 Å². The highest BCUT2D eigenvalue weighted by atomic mass is 35.5. The Labute approximate surface area is 204 Å². The van der Waals surface area contributed by atoms with Crippen LogP contribution in [0.2, 0.25) is 5.15 Å². The number of hydrogen-bond donors (Lipinski definition) is 2. The SMILES string of the molecule is CSn1cc(-c2nc3c(CNc4ccc(Cl)nc4C(=O)O)cc(C(F)(F)F)cn3c(=O)c2C)cn1. The molecule has 9 nitrogen and oxygen atoms in total. The number of halogens is 4. The maximum Gasteiger partial charge on any atom is 0.417 e. The Morgan fingerprint density at radius 1 is 1.26 bits per heavy atom. The lowest BCUT2D eigenvalue weighted by atomic mass is 10.1. The van der Waals surface area contributed by atoms with Crippen LogP contribution in [-0.4, -0.2) is 40.9 Å². The Morgan fingerprint density at radius 3 is 2.63 bits per heavy atom. The Balaban J connectivity index is 1.89. The minimum Gasteiger partial charge on any atom is -0.476 e. The molecular weight excluding hydrogens is 509 g/mol. The normalized spacial score (nSPS) is 11.7. The van der Waals surface area contributed by atoms with Gasteiger partial charge < -0.3 is 10.4 Å². The van der Waals surface area contributed by atoms with Crippen LogP contribution in [0.25, 0.3) is 16.9 Å². The van der Waals surface area contributed by atoms with Gasteiger partial charge in [-0.05, 0) is 37.1 Å². The van der Waals surface area contributed by atoms with E-state index in [2.05, 4.69) is 20.4 Å². The topological polar surface area (TPSA) is 114 Å². The summed E-state index contributed by atoms with van der Waals surface area (Å²) in [6, 6.07) is 3.55. The number of carboxylic acids is 1. The minimum absolute atomic E-state index is 0.0155. The summed E-state index contributed by atoms with van der Waals surface area (Å²) < 4.78 is 43.3. The molecule has 0 saturated heterocycles. The van der Waals surface area contributed by atoms with Crippen LogP contribution < -0.4 is 10.9 Å². The van der Waals surface area contributed by atoms with Gasteiger partial charge in [-0.15, -0.1) is 0 Å². The minimum atomic E-state index is -4.73. The van der Waals surface area contributed by atoms with Gasteiger partial charge in [0.25, 0.3) is 5.56 Å². The van der Waals surface area contributed by atoms with Crippen molar-refractivity contribution in [2.75, 3.05) is 11.6 Å². The van der Waals surface area contributed by atoms with Crippen LogP contribution in [-0.2, 0) is 12.7 Å². The molecule has 0 fully saturated rings. The molecule has 0 radical (unpaired) electrons. The first-order valence-electron chi connectivity index (χ1n) is 9.86. The standard InChI is InChI=1S/C21H16ClF3N6O3S/c1-10-16(12-7-27-31(8-12)35-2)29-18-11(5-13(21(23,24)25)9-30(18)19(10)32)6-26-14-3-4-15(22)28-17(14)20(33)34/h3-5,7-9,26H,6H2,1-2H3,(H,33,34). The van der Waals surface area contributed by atoms with Crippen LogP contribution in [0.5, 0.6) is 0 Å². The third-order valence-electron chi connectivity index (χ3n) is 5.11. The number of anilines is 1. The van der Waals surface area contributed by atoms with Gasteiger partial charge in [-0.1, -0.05) is 11.6 Å². The number of pyridine rings is 2. The summed E-state index contributed by atoms with van der Waals surface area (Å²) in [7, 11) is 0. The molecule has 0 saturated carbocycles. The van der Waals surface area contributed by atoms with Gasteiger partial charge >= 0.3 is 12.1 Å². The summed E-state index contributed by atoms with van der Waals surface area (Å²) in [5.41, 5.74) is -1.16. The summed E-state index contributed by atoms with van der Waals surface area (Å²) in [6.07, 6.45) is 0.913. The summed E-state index contributed by atoms with van der Waals surface area (Å²) in [6.45, 7) is 1.19. The van der Waals surface area contributed by atoms with Gasteiger partial charge in [0.1, 0.15) is 10.8 Å². The van der Waals surface area contributed by atoms with Crippen LogP contribution >= 0.6 is 23.5 Å². The van der Waals surface area contributed by atoms with Gasteiger partial charge in [0.15, 0.2) is 5.69 Å². The second kappa shape index (κ2) is 9.23. The van der Waals surface area contributed by atoms with Crippen LogP contribution in [0, 0.1) is 6.92 Å². The van der Waals surface area contributed by atoms with Gasteiger partial charge in [-0.25, -0.2) is 18.8 Å². The summed E-state index contributed by atoms with van der Waals surface area (Å²) in [5.74, 6) is -1.37. The average molecular weight is 525 g/mol. The van der Waals surface area contributed by atoms with E-state index in [0.717, 1.165) is 10.5 Å². The molecule has 0 spiro atoms. The molecule has 0 aliphatic carbocycles. The summed E-state index contributed by atoms with van der Waals surface area (Å²) in [4.78, 5) is 32.8. The number of aromatic carboxylic acids is 1. The van der Waals surface area contributed by atoms with Crippen molar-refractivity contribution < 1.29 is 23.1 Å². The van der Waals surface area contributed by atoms with Crippen LogP contribution in [0.4, 0.5) is 18.9 Å². The number of fused-ring (bicyclic) bond motifs is 1. The van der Waals surface area contributed by atoms with E-state index in [1.807, 2.05) is 0 Å². The van der Waals surface area contributed by atoms with Crippen molar-refractivity contribution in [2.45, 2.75) is 19.6 Å². The molecule has 4 aromatic rings. The third kappa shape index (κ3) is 4.82. The summed E-state index contributed by atoms with van der Waals surface area (Å²) in [5, 5.41) is 16.2. The second-order valence-corrected chi connectivity index (χ2v) is 8.47. The lowest BCUT2D eigenvalue weighted by Crippen LogP contribution is -2.23. The molecule has 0 aliphatic heterocycles. The van der Waals surface area contributed by atoms with Crippen molar-refractivity contribution in [3.05, 3.63) is 74.7 Å². The molecule has 0 amide bonds. The largest absolute Gasteiger partial charge is 0.476 e. The zero-order valence-electron chi connectivity index (χ0n) is 18.1. The van der Waals surface area contributed by atoms with Crippen molar-refractivity contribution in [3.8, 4) is 11.3 Å². The number of carboxylic acid groups (broad SMARTS) is 1. The predicted molar refractivity (Wildman–Crippen MR) is 125 cm³/mol. The van der Waals surface area contributed by atoms with Gasteiger partial charge in [-0.2, -0.15) is 18.3 Å². The Morgan fingerprint density at radius 2 is 2.00 bits per heavy atom. The highest BCUT2D eigenvalue weighted by molar-refractivity contribution is 7.97. The van der Waals surface area contributed by atoms with E-state index in [4.69, 9.17) is 11.6 Å². The molecule has 182 valence electrons. The predicted octanol–water partition coefficient (Wildman–Crippen LogP) is 4.37. The molecule has 2 N–H and O–H groups in total. The first kappa shape index (κ1) is 24.5. The fourth-order valence-electron chi connectivity index (χ4n) is 3.42. The highest BCUT2D eigenvalue weighted by Gasteiger charge is 2.32. The molecule has 35 heavy (non-hydrogen) atoms. The average Bonchev–Trinajstić information content (AvgIpc) is 3.28. The zero-order valence-corrected chi connectivity index (χ0v) is 19.7. The second-order valence-electron chi connectivity index (χ2n) is 7.34. The van der Waals surface area contributed by atoms with Crippen molar-refractivity contribution in [1.82, 2.24) is 23.6 Å². The van der Waals surface area contributed by atoms with E-state index >= 15 is 0 Å². The molecule has 0 bridgehead atoms. The Kier molecular flexibility index (Phi) is 6.47. The monoisotopic (exact) mass is 524 g/mol. The van der Waals surface area contributed by atoms with Crippen molar-refractivity contribution in [3.63, 3.8) is 0 Å². The first-order valence-corrected chi connectivity index (χ1v) is 11.4. The highest BCUT2D eigenvalue weighted by Crippen LogP contribution is 2.31. The number of nitrogens with one attached hydrogen (secondary N) is 1. The van der Waals surface area contributed by atoms with Crippen molar-refractivity contribution >= 4 is 40.9 Å². The first-order chi connectivity index (χ1) is 16.5.